The van der Waals surface area contributed by atoms with Gasteiger partial charge in [-0.15, -0.1) is 0 Å². The molecule has 5 heteroatoms. The van der Waals surface area contributed by atoms with Crippen molar-refractivity contribution in [1.29, 1.82) is 0 Å². The van der Waals surface area contributed by atoms with Crippen LogP contribution in [-0.2, 0) is 14.3 Å². The summed E-state index contributed by atoms with van der Waals surface area (Å²) in [5.41, 5.74) is 4.81. The second kappa shape index (κ2) is 5.11. The highest BCUT2D eigenvalue weighted by Gasteiger charge is 2.25. The third kappa shape index (κ3) is 6.06. The van der Waals surface area contributed by atoms with E-state index in [0.29, 0.717) is 0 Å². The van der Waals surface area contributed by atoms with Crippen molar-refractivity contribution in [1.82, 2.24) is 0 Å². The number of rotatable bonds is 2. The molecule has 0 amide bonds. The first-order chi connectivity index (χ1) is 6.63. The normalized spacial score (nSPS) is 13.5. The zero-order valence-electron chi connectivity index (χ0n) is 9.87. The lowest BCUT2D eigenvalue weighted by Gasteiger charge is -2.19. The molecule has 1 atom stereocenters. The molecule has 0 fully saturated rings. The van der Waals surface area contributed by atoms with Crippen LogP contribution in [0.5, 0.6) is 0 Å². The van der Waals surface area contributed by atoms with Gasteiger partial charge < -0.3 is 15.2 Å². The molecule has 0 aliphatic heterocycles. The summed E-state index contributed by atoms with van der Waals surface area (Å²) in [6, 6.07) is -0.808. The first-order valence-electron chi connectivity index (χ1n) is 4.83. The predicted molar refractivity (Wildman–Crippen MR) is 55.1 cm³/mol. The Bertz CT molecular complexity index is 242. The molecule has 2 N–H and O–H groups in total. The van der Waals surface area contributed by atoms with Crippen molar-refractivity contribution in [2.75, 3.05) is 0 Å². The monoisotopic (exact) mass is 217 g/mol. The number of esters is 1. The number of hydrogen-bond acceptors (Lipinski definition) is 5. The summed E-state index contributed by atoms with van der Waals surface area (Å²) in [4.78, 5) is 22.3. The van der Waals surface area contributed by atoms with Crippen LogP contribution >= 0.6 is 0 Å². The average molecular weight is 217 g/mol. The highest BCUT2D eigenvalue weighted by atomic mass is 16.7. The van der Waals surface area contributed by atoms with Gasteiger partial charge >= 0.3 is 12.1 Å². The summed E-state index contributed by atoms with van der Waals surface area (Å²) >= 11 is 0. The van der Waals surface area contributed by atoms with Gasteiger partial charge in [0, 0.05) is 0 Å². The molecule has 0 rings (SSSR count). The lowest BCUT2D eigenvalue weighted by molar-refractivity contribution is -0.143. The van der Waals surface area contributed by atoms with Crippen LogP contribution in [0.15, 0.2) is 0 Å². The van der Waals surface area contributed by atoms with Crippen LogP contribution in [0.2, 0.25) is 0 Å². The highest BCUT2D eigenvalue weighted by molar-refractivity contribution is 5.85. The maximum atomic E-state index is 11.2. The van der Waals surface area contributed by atoms with Crippen molar-refractivity contribution in [3.63, 3.8) is 0 Å². The second-order valence-corrected chi connectivity index (χ2v) is 4.66. The van der Waals surface area contributed by atoms with Crippen molar-refractivity contribution >= 4 is 12.1 Å². The molecule has 0 radical (unpaired) electrons. The predicted octanol–water partition coefficient (Wildman–Crippen LogP) is 1.45. The SMILES string of the molecule is CC(C)[C@H](N)C(=O)OC(=O)OC(C)(C)C. The van der Waals surface area contributed by atoms with Crippen LogP contribution in [0.3, 0.4) is 0 Å². The van der Waals surface area contributed by atoms with Gasteiger partial charge in [-0.2, -0.15) is 0 Å². The summed E-state index contributed by atoms with van der Waals surface area (Å²) in [5.74, 6) is -0.848. The molecule has 0 heterocycles. The Labute approximate surface area is 89.9 Å². The largest absolute Gasteiger partial charge is 0.516 e. The Morgan fingerprint density at radius 1 is 1.20 bits per heavy atom. The van der Waals surface area contributed by atoms with Crippen LogP contribution in [0, 0.1) is 5.92 Å². The lowest BCUT2D eigenvalue weighted by Crippen LogP contribution is -2.39. The van der Waals surface area contributed by atoms with Gasteiger partial charge in [-0.05, 0) is 26.7 Å². The van der Waals surface area contributed by atoms with Gasteiger partial charge in [0.05, 0.1) is 0 Å². The van der Waals surface area contributed by atoms with E-state index < -0.39 is 23.8 Å². The maximum Gasteiger partial charge on any atom is 0.516 e. The average Bonchev–Trinajstić information content (AvgIpc) is 1.98. The Balaban J connectivity index is 4.14. The number of nitrogens with two attached hydrogens (primary N) is 1. The molecule has 5 nitrogen and oxygen atoms in total. The van der Waals surface area contributed by atoms with Gasteiger partial charge in [-0.1, -0.05) is 13.8 Å². The van der Waals surface area contributed by atoms with Crippen LogP contribution in [0.25, 0.3) is 0 Å². The van der Waals surface area contributed by atoms with E-state index in [9.17, 15) is 9.59 Å². The molecule has 0 bridgehead atoms. The molecule has 0 unspecified atom stereocenters. The molecule has 0 aromatic rings. The highest BCUT2D eigenvalue weighted by Crippen LogP contribution is 2.09. The molecule has 0 saturated heterocycles. The van der Waals surface area contributed by atoms with Crippen molar-refractivity contribution < 1.29 is 19.1 Å². The first kappa shape index (κ1) is 13.9. The van der Waals surface area contributed by atoms with Crippen LogP contribution in [0.4, 0.5) is 4.79 Å². The number of carbonyl (C=O) groups excluding carboxylic acids is 2. The van der Waals surface area contributed by atoms with Crippen LogP contribution in [0.1, 0.15) is 34.6 Å². The van der Waals surface area contributed by atoms with Gasteiger partial charge in [0.2, 0.25) is 0 Å². The topological polar surface area (TPSA) is 78.6 Å². The summed E-state index contributed by atoms with van der Waals surface area (Å²) in [5, 5.41) is 0. The van der Waals surface area contributed by atoms with E-state index in [1.807, 2.05) is 0 Å². The van der Waals surface area contributed by atoms with E-state index in [1.54, 1.807) is 34.6 Å². The van der Waals surface area contributed by atoms with Crippen molar-refractivity contribution in [3.8, 4) is 0 Å². The molecule has 15 heavy (non-hydrogen) atoms. The molecule has 0 aromatic carbocycles. The third-order valence-electron chi connectivity index (χ3n) is 1.56. The zero-order valence-corrected chi connectivity index (χ0v) is 9.87. The lowest BCUT2D eigenvalue weighted by atomic mass is 10.1. The van der Waals surface area contributed by atoms with Crippen molar-refractivity contribution in [2.24, 2.45) is 11.7 Å². The number of hydrogen-bond donors (Lipinski definition) is 1. The summed E-state index contributed by atoms with van der Waals surface area (Å²) in [6.45, 7) is 8.57. The maximum absolute atomic E-state index is 11.2. The second-order valence-electron chi connectivity index (χ2n) is 4.66. The molecule has 0 aliphatic rings. The number of ether oxygens (including phenoxy) is 2. The Hall–Kier alpha value is -1.10. The Morgan fingerprint density at radius 2 is 1.67 bits per heavy atom. The molecule has 0 spiro atoms. The smallest absolute Gasteiger partial charge is 0.428 e. The minimum absolute atomic E-state index is 0.0834. The fraction of sp³-hybridized carbons (Fsp3) is 0.800. The Morgan fingerprint density at radius 3 is 2.00 bits per heavy atom. The minimum atomic E-state index is -1.01. The molecular formula is C10H19NO4. The van der Waals surface area contributed by atoms with Gasteiger partial charge in [0.25, 0.3) is 0 Å². The molecule has 0 saturated carbocycles. The van der Waals surface area contributed by atoms with Crippen molar-refractivity contribution in [2.45, 2.75) is 46.3 Å². The summed E-state index contributed by atoms with van der Waals surface area (Å²) in [7, 11) is 0. The third-order valence-corrected chi connectivity index (χ3v) is 1.56. The quantitative estimate of drug-likeness (QED) is 0.559. The van der Waals surface area contributed by atoms with E-state index in [-0.39, 0.29) is 5.92 Å². The zero-order chi connectivity index (χ0) is 12.2. The molecule has 88 valence electrons. The minimum Gasteiger partial charge on any atom is -0.428 e. The number of carbonyl (C=O) groups is 2. The van der Waals surface area contributed by atoms with E-state index >= 15 is 0 Å². The van der Waals surface area contributed by atoms with Crippen LogP contribution < -0.4 is 5.73 Å². The van der Waals surface area contributed by atoms with E-state index in [4.69, 9.17) is 10.5 Å². The summed E-state index contributed by atoms with van der Waals surface area (Å²) < 4.78 is 9.23. The van der Waals surface area contributed by atoms with Crippen LogP contribution in [-0.4, -0.2) is 23.8 Å². The molecule has 0 aliphatic carbocycles. The molecular weight excluding hydrogens is 198 g/mol. The van der Waals surface area contributed by atoms with E-state index in [0.717, 1.165) is 0 Å². The van der Waals surface area contributed by atoms with Gasteiger partial charge in [0.15, 0.2) is 0 Å². The van der Waals surface area contributed by atoms with Crippen molar-refractivity contribution in [3.05, 3.63) is 0 Å². The summed E-state index contributed by atoms with van der Waals surface area (Å²) in [6.07, 6.45) is -1.01. The Kier molecular flexibility index (Phi) is 4.74. The van der Waals surface area contributed by atoms with Gasteiger partial charge in [0.1, 0.15) is 11.6 Å². The van der Waals surface area contributed by atoms with E-state index in [1.165, 1.54) is 0 Å². The van der Waals surface area contributed by atoms with Gasteiger partial charge in [-0.3, -0.25) is 0 Å². The molecule has 0 aromatic heterocycles. The fourth-order valence-electron chi connectivity index (χ4n) is 0.693. The van der Waals surface area contributed by atoms with Gasteiger partial charge in [-0.25, -0.2) is 9.59 Å². The standard InChI is InChI=1S/C10H19NO4/c1-6(2)7(11)8(12)14-9(13)15-10(3,4)5/h6-7H,11H2,1-5H3/t7-/m0/s1. The fourth-order valence-corrected chi connectivity index (χ4v) is 0.693. The van der Waals surface area contributed by atoms with E-state index in [2.05, 4.69) is 4.74 Å². The first-order valence-corrected chi connectivity index (χ1v) is 4.83.